The summed E-state index contributed by atoms with van der Waals surface area (Å²) in [6.07, 6.45) is 48.7. The maximum atomic E-state index is 12.7. The Hall–Kier alpha value is -2.89. The highest BCUT2D eigenvalue weighted by molar-refractivity contribution is 5.69. The predicted molar refractivity (Wildman–Crippen MR) is 242 cm³/mol. The molecule has 1 aliphatic rings. The summed E-state index contributed by atoms with van der Waals surface area (Å²) in [6.45, 7) is 4.27. The number of ether oxygens (including phenoxy) is 4. The molecule has 0 aromatic heterocycles. The fourth-order valence-electron chi connectivity index (χ4n) is 6.18. The van der Waals surface area contributed by atoms with Gasteiger partial charge in [0.05, 0.1) is 19.8 Å². The first-order valence-corrected chi connectivity index (χ1v) is 22.8. The topological polar surface area (TPSA) is 135 Å². The molecule has 336 valence electrons. The molecule has 6 atom stereocenters. The fraction of sp³-hybridized carbons (Fsp3) is 0.660. The number of hydrogen-bond acceptors (Lipinski definition) is 9. The lowest BCUT2D eigenvalue weighted by Gasteiger charge is -2.39. The maximum absolute atomic E-state index is 12.7. The van der Waals surface area contributed by atoms with Gasteiger partial charge in [-0.1, -0.05) is 150 Å². The summed E-state index contributed by atoms with van der Waals surface area (Å²) in [5.74, 6) is -0.340. The van der Waals surface area contributed by atoms with E-state index < -0.39 is 43.4 Å². The average Bonchev–Trinajstić information content (AvgIpc) is 3.24. The van der Waals surface area contributed by atoms with Gasteiger partial charge in [-0.2, -0.15) is 0 Å². The molecular formula is C50H82O9. The third-order valence-electron chi connectivity index (χ3n) is 9.72. The molecular weight excluding hydrogens is 745 g/mol. The zero-order valence-corrected chi connectivity index (χ0v) is 36.7. The molecule has 9 nitrogen and oxygen atoms in total. The van der Waals surface area contributed by atoms with Gasteiger partial charge in [-0.25, -0.2) is 0 Å². The van der Waals surface area contributed by atoms with Gasteiger partial charge in [-0.05, 0) is 89.9 Å². The predicted octanol–water partition coefficient (Wildman–Crippen LogP) is 10.4. The SMILES string of the molecule is CC/C=C\C/C=C\C/C=C\C/C=C\C/C=C\C/C=C\C/C=C\CCCCCCOCC(COC1OC(CO)C(O)C(O)C1O)OC(=O)CCCCCCC/C=C\CCC. The van der Waals surface area contributed by atoms with E-state index in [1.54, 1.807) is 0 Å². The van der Waals surface area contributed by atoms with E-state index in [4.69, 9.17) is 18.9 Å². The molecule has 1 saturated heterocycles. The van der Waals surface area contributed by atoms with Crippen LogP contribution in [0.4, 0.5) is 0 Å². The number of aliphatic hydroxyl groups excluding tert-OH is 4. The summed E-state index contributed by atoms with van der Waals surface area (Å²) in [5.41, 5.74) is 0. The minimum atomic E-state index is -1.55. The van der Waals surface area contributed by atoms with Crippen LogP contribution in [0.2, 0.25) is 0 Å². The van der Waals surface area contributed by atoms with Crippen molar-refractivity contribution in [2.45, 2.75) is 185 Å². The van der Waals surface area contributed by atoms with Crippen molar-refractivity contribution in [1.82, 2.24) is 0 Å². The van der Waals surface area contributed by atoms with Crippen molar-refractivity contribution < 1.29 is 44.2 Å². The van der Waals surface area contributed by atoms with E-state index in [2.05, 4.69) is 111 Å². The lowest BCUT2D eigenvalue weighted by atomic mass is 9.99. The van der Waals surface area contributed by atoms with Gasteiger partial charge >= 0.3 is 5.97 Å². The van der Waals surface area contributed by atoms with Gasteiger partial charge < -0.3 is 39.4 Å². The Balaban J connectivity index is 2.24. The minimum absolute atomic E-state index is 0.117. The monoisotopic (exact) mass is 827 g/mol. The van der Waals surface area contributed by atoms with Gasteiger partial charge in [0.15, 0.2) is 6.29 Å². The number of allylic oxidation sites excluding steroid dienone is 16. The molecule has 9 heteroatoms. The molecule has 0 aromatic carbocycles. The van der Waals surface area contributed by atoms with Crippen molar-refractivity contribution in [2.24, 2.45) is 0 Å². The van der Waals surface area contributed by atoms with Crippen LogP contribution in [0.5, 0.6) is 0 Å². The first-order valence-electron chi connectivity index (χ1n) is 22.8. The Morgan fingerprint density at radius 1 is 0.559 bits per heavy atom. The summed E-state index contributed by atoms with van der Waals surface area (Å²) >= 11 is 0. The third-order valence-corrected chi connectivity index (χ3v) is 9.72. The molecule has 1 rings (SSSR count). The molecule has 6 unspecified atom stereocenters. The van der Waals surface area contributed by atoms with Crippen LogP contribution < -0.4 is 0 Å². The number of carbonyl (C=O) groups excluding carboxylic acids is 1. The number of carbonyl (C=O) groups is 1. The lowest BCUT2D eigenvalue weighted by Crippen LogP contribution is -2.59. The van der Waals surface area contributed by atoms with Crippen LogP contribution in [0.3, 0.4) is 0 Å². The molecule has 0 saturated carbocycles. The normalized spacial score (nSPS) is 21.1. The van der Waals surface area contributed by atoms with Crippen LogP contribution in [-0.2, 0) is 23.7 Å². The second kappa shape index (κ2) is 40.5. The van der Waals surface area contributed by atoms with Crippen LogP contribution in [0, 0.1) is 0 Å². The highest BCUT2D eigenvalue weighted by atomic mass is 16.7. The van der Waals surface area contributed by atoms with Gasteiger partial charge in [-0.15, -0.1) is 0 Å². The third kappa shape index (κ3) is 31.6. The van der Waals surface area contributed by atoms with Crippen LogP contribution >= 0.6 is 0 Å². The van der Waals surface area contributed by atoms with Crippen molar-refractivity contribution in [2.75, 3.05) is 26.4 Å². The van der Waals surface area contributed by atoms with Gasteiger partial charge in [-0.3, -0.25) is 4.79 Å². The lowest BCUT2D eigenvalue weighted by molar-refractivity contribution is -0.305. The van der Waals surface area contributed by atoms with Crippen LogP contribution in [0.25, 0.3) is 0 Å². The molecule has 1 aliphatic heterocycles. The van der Waals surface area contributed by atoms with Crippen LogP contribution in [0.15, 0.2) is 97.2 Å². The van der Waals surface area contributed by atoms with Crippen molar-refractivity contribution in [3.05, 3.63) is 97.2 Å². The van der Waals surface area contributed by atoms with Gasteiger partial charge in [0.1, 0.15) is 30.5 Å². The molecule has 0 radical (unpaired) electrons. The molecule has 0 aliphatic carbocycles. The highest BCUT2D eigenvalue weighted by Crippen LogP contribution is 2.22. The van der Waals surface area contributed by atoms with E-state index >= 15 is 0 Å². The van der Waals surface area contributed by atoms with E-state index in [0.29, 0.717) is 13.0 Å². The number of unbranched alkanes of at least 4 members (excludes halogenated alkanes) is 10. The standard InChI is InChI=1S/C50H82O9/c1-3-5-7-9-11-13-15-16-17-18-19-20-21-22-23-24-25-26-27-28-29-30-32-34-36-38-40-56-42-44(43-57-50-49(55)48(54)47(53)45(41-51)59-50)58-46(52)39-37-35-33-31-14-12-10-8-6-4-2/h5,7-8,10-11,13,16-17,19-20,22-23,25-26,28-29,44-45,47-51,53-55H,3-4,6,9,12,14-15,18,21,24,27,30-43H2,1-2H3/b7-5-,10-8-,13-11-,17-16-,20-19-,23-22-,26-25-,29-28-. The van der Waals surface area contributed by atoms with E-state index in [0.717, 1.165) is 122 Å². The van der Waals surface area contributed by atoms with Gasteiger partial charge in [0.2, 0.25) is 0 Å². The van der Waals surface area contributed by atoms with Crippen molar-refractivity contribution in [1.29, 1.82) is 0 Å². The van der Waals surface area contributed by atoms with Gasteiger partial charge in [0, 0.05) is 13.0 Å². The summed E-state index contributed by atoms with van der Waals surface area (Å²) in [4.78, 5) is 12.7. The van der Waals surface area contributed by atoms with Gasteiger partial charge in [0.25, 0.3) is 0 Å². The van der Waals surface area contributed by atoms with E-state index in [1.165, 1.54) is 6.42 Å². The Bertz CT molecular complexity index is 1210. The fourth-order valence-corrected chi connectivity index (χ4v) is 6.18. The first-order chi connectivity index (χ1) is 28.9. The quantitative estimate of drug-likeness (QED) is 0.0274. The molecule has 1 fully saturated rings. The second-order valence-corrected chi connectivity index (χ2v) is 15.1. The number of aliphatic hydroxyl groups is 4. The summed E-state index contributed by atoms with van der Waals surface area (Å²) in [5, 5.41) is 40.1. The van der Waals surface area contributed by atoms with Crippen LogP contribution in [-0.4, -0.2) is 89.6 Å². The molecule has 4 N–H and O–H groups in total. The van der Waals surface area contributed by atoms with E-state index in [1.807, 2.05) is 0 Å². The first kappa shape index (κ1) is 54.1. The average molecular weight is 827 g/mol. The maximum Gasteiger partial charge on any atom is 0.306 e. The molecule has 59 heavy (non-hydrogen) atoms. The van der Waals surface area contributed by atoms with Crippen molar-refractivity contribution >= 4 is 5.97 Å². The largest absolute Gasteiger partial charge is 0.457 e. The Kier molecular flexibility index (Phi) is 37.2. The van der Waals surface area contributed by atoms with E-state index in [9.17, 15) is 25.2 Å². The summed E-state index contributed by atoms with van der Waals surface area (Å²) in [6, 6.07) is 0. The zero-order chi connectivity index (χ0) is 42.9. The number of rotatable bonds is 37. The summed E-state index contributed by atoms with van der Waals surface area (Å²) in [7, 11) is 0. The molecule has 0 amide bonds. The van der Waals surface area contributed by atoms with E-state index in [-0.39, 0.29) is 19.2 Å². The van der Waals surface area contributed by atoms with Crippen molar-refractivity contribution in [3.8, 4) is 0 Å². The minimum Gasteiger partial charge on any atom is -0.457 e. The number of hydrogen-bond donors (Lipinski definition) is 4. The Morgan fingerprint density at radius 2 is 1.03 bits per heavy atom. The smallest absolute Gasteiger partial charge is 0.306 e. The highest BCUT2D eigenvalue weighted by Gasteiger charge is 2.44. The molecule has 0 aromatic rings. The molecule has 1 heterocycles. The molecule has 0 spiro atoms. The Labute approximate surface area is 358 Å². The Morgan fingerprint density at radius 3 is 1.58 bits per heavy atom. The summed E-state index contributed by atoms with van der Waals surface area (Å²) < 4.78 is 22.7. The zero-order valence-electron chi connectivity index (χ0n) is 36.7. The second-order valence-electron chi connectivity index (χ2n) is 15.1. The van der Waals surface area contributed by atoms with Crippen LogP contribution in [0.1, 0.15) is 149 Å². The molecule has 0 bridgehead atoms. The van der Waals surface area contributed by atoms with Crippen molar-refractivity contribution in [3.63, 3.8) is 0 Å². The number of esters is 1.